The summed E-state index contributed by atoms with van der Waals surface area (Å²) in [6, 6.07) is 4.69. The van der Waals surface area contributed by atoms with Gasteiger partial charge in [0.1, 0.15) is 23.9 Å². The Hall–Kier alpha value is -2.61. The third-order valence-corrected chi connectivity index (χ3v) is 2.43. The molecule has 1 atom stereocenters. The fraction of sp³-hybridized carbons (Fsp3) is 0.250. The van der Waals surface area contributed by atoms with Gasteiger partial charge in [-0.25, -0.2) is 0 Å². The first kappa shape index (κ1) is 13.8. The van der Waals surface area contributed by atoms with Gasteiger partial charge in [-0.1, -0.05) is 5.16 Å². The van der Waals surface area contributed by atoms with Gasteiger partial charge in [-0.3, -0.25) is 14.9 Å². The number of nitrogens with one attached hydrogen (secondary N) is 2. The van der Waals surface area contributed by atoms with Crippen LogP contribution in [0.3, 0.4) is 0 Å². The molecule has 0 aromatic carbocycles. The zero-order chi connectivity index (χ0) is 14.5. The predicted octanol–water partition coefficient (Wildman–Crippen LogP) is 0.364. The fourth-order valence-corrected chi connectivity index (χ4v) is 1.45. The Labute approximate surface area is 113 Å². The number of furan rings is 1. The maximum absolute atomic E-state index is 11.5. The lowest BCUT2D eigenvalue weighted by Crippen LogP contribution is -2.37. The fourth-order valence-electron chi connectivity index (χ4n) is 1.45. The standard InChI is InChI=1S/C12H13N3O5/c1-7-2-3-9(20-7)8(16)6-13-11(17)12(18)14-10-4-5-19-15-10/h2-5,8,16H,6H2,1H3,(H,13,17)(H,14,15,18). The summed E-state index contributed by atoms with van der Waals surface area (Å²) in [6.07, 6.45) is 0.240. The highest BCUT2D eigenvalue weighted by molar-refractivity contribution is 6.39. The Kier molecular flexibility index (Phi) is 4.16. The van der Waals surface area contributed by atoms with Crippen molar-refractivity contribution < 1.29 is 23.6 Å². The average molecular weight is 279 g/mol. The Morgan fingerprint density at radius 1 is 1.35 bits per heavy atom. The van der Waals surface area contributed by atoms with Crippen molar-refractivity contribution >= 4 is 17.6 Å². The molecule has 0 aliphatic heterocycles. The van der Waals surface area contributed by atoms with E-state index in [4.69, 9.17) is 4.42 Å². The zero-order valence-electron chi connectivity index (χ0n) is 10.6. The predicted molar refractivity (Wildman–Crippen MR) is 66.5 cm³/mol. The molecule has 2 rings (SSSR count). The van der Waals surface area contributed by atoms with Gasteiger partial charge in [0.15, 0.2) is 5.82 Å². The van der Waals surface area contributed by atoms with Crippen molar-refractivity contribution in [2.24, 2.45) is 0 Å². The smallest absolute Gasteiger partial charge is 0.314 e. The molecular formula is C12H13N3O5. The lowest BCUT2D eigenvalue weighted by Gasteiger charge is -2.09. The third kappa shape index (κ3) is 3.45. The Balaban J connectivity index is 1.81. The van der Waals surface area contributed by atoms with Crippen LogP contribution in [-0.4, -0.2) is 28.6 Å². The van der Waals surface area contributed by atoms with Gasteiger partial charge in [0.2, 0.25) is 0 Å². The first-order valence-electron chi connectivity index (χ1n) is 5.80. The quantitative estimate of drug-likeness (QED) is 0.696. The number of hydrogen-bond acceptors (Lipinski definition) is 6. The molecule has 2 amide bonds. The second-order valence-electron chi connectivity index (χ2n) is 4.01. The van der Waals surface area contributed by atoms with Crippen LogP contribution < -0.4 is 10.6 Å². The van der Waals surface area contributed by atoms with E-state index in [-0.39, 0.29) is 12.4 Å². The highest BCUT2D eigenvalue weighted by Crippen LogP contribution is 2.14. The minimum absolute atomic E-state index is 0.132. The van der Waals surface area contributed by atoms with E-state index in [1.807, 2.05) is 0 Å². The normalized spacial score (nSPS) is 11.9. The van der Waals surface area contributed by atoms with Crippen LogP contribution in [0, 0.1) is 6.92 Å². The van der Waals surface area contributed by atoms with Crippen molar-refractivity contribution in [1.82, 2.24) is 10.5 Å². The summed E-state index contributed by atoms with van der Waals surface area (Å²) in [4.78, 5) is 22.9. The lowest BCUT2D eigenvalue weighted by atomic mass is 10.2. The van der Waals surface area contributed by atoms with Gasteiger partial charge in [-0.15, -0.1) is 0 Å². The van der Waals surface area contributed by atoms with Crippen LogP contribution >= 0.6 is 0 Å². The largest absolute Gasteiger partial charge is 0.464 e. The van der Waals surface area contributed by atoms with Gasteiger partial charge in [-0.2, -0.15) is 0 Å². The molecule has 0 aliphatic rings. The third-order valence-electron chi connectivity index (χ3n) is 2.43. The number of nitrogens with zero attached hydrogens (tertiary/aromatic N) is 1. The summed E-state index contributed by atoms with van der Waals surface area (Å²) < 4.78 is 9.70. The molecule has 0 aliphatic carbocycles. The summed E-state index contributed by atoms with van der Waals surface area (Å²) in [5, 5.41) is 17.7. The van der Waals surface area contributed by atoms with Gasteiger partial charge >= 0.3 is 11.8 Å². The van der Waals surface area contributed by atoms with E-state index in [9.17, 15) is 14.7 Å². The first-order valence-corrected chi connectivity index (χ1v) is 5.80. The van der Waals surface area contributed by atoms with Crippen molar-refractivity contribution in [1.29, 1.82) is 0 Å². The molecular weight excluding hydrogens is 266 g/mol. The maximum atomic E-state index is 11.5. The molecule has 8 nitrogen and oxygen atoms in total. The molecule has 0 radical (unpaired) electrons. The molecule has 106 valence electrons. The lowest BCUT2D eigenvalue weighted by molar-refractivity contribution is -0.136. The number of hydrogen-bond donors (Lipinski definition) is 3. The second-order valence-corrected chi connectivity index (χ2v) is 4.01. The molecule has 2 aromatic rings. The van der Waals surface area contributed by atoms with E-state index in [0.29, 0.717) is 11.5 Å². The van der Waals surface area contributed by atoms with E-state index < -0.39 is 17.9 Å². The van der Waals surface area contributed by atoms with Gasteiger partial charge in [0, 0.05) is 6.07 Å². The Morgan fingerprint density at radius 2 is 2.15 bits per heavy atom. The molecule has 2 aromatic heterocycles. The van der Waals surface area contributed by atoms with E-state index in [2.05, 4.69) is 20.3 Å². The number of carbonyl (C=O) groups is 2. The zero-order valence-corrected chi connectivity index (χ0v) is 10.6. The summed E-state index contributed by atoms with van der Waals surface area (Å²) in [6.45, 7) is 1.60. The summed E-state index contributed by atoms with van der Waals surface area (Å²) in [7, 11) is 0. The monoisotopic (exact) mass is 279 g/mol. The van der Waals surface area contributed by atoms with Crippen LogP contribution in [0.5, 0.6) is 0 Å². The first-order chi connectivity index (χ1) is 9.56. The molecule has 20 heavy (non-hydrogen) atoms. The van der Waals surface area contributed by atoms with Gasteiger partial charge in [0.25, 0.3) is 0 Å². The van der Waals surface area contributed by atoms with Crippen molar-refractivity contribution in [3.05, 3.63) is 36.0 Å². The molecule has 8 heteroatoms. The second kappa shape index (κ2) is 6.02. The molecule has 3 N–H and O–H groups in total. The highest BCUT2D eigenvalue weighted by atomic mass is 16.5. The topological polar surface area (TPSA) is 118 Å². The Morgan fingerprint density at radius 3 is 2.75 bits per heavy atom. The number of carbonyl (C=O) groups excluding carboxylic acids is 2. The maximum Gasteiger partial charge on any atom is 0.314 e. The van der Waals surface area contributed by atoms with E-state index >= 15 is 0 Å². The van der Waals surface area contributed by atoms with Crippen LogP contribution in [0.15, 0.2) is 33.4 Å². The number of anilines is 1. The molecule has 0 bridgehead atoms. The number of amides is 2. The molecule has 0 fully saturated rings. The number of aliphatic hydroxyl groups excluding tert-OH is 1. The number of aromatic nitrogens is 1. The average Bonchev–Trinajstić information content (AvgIpc) is 3.07. The van der Waals surface area contributed by atoms with Crippen LogP contribution in [0.25, 0.3) is 0 Å². The van der Waals surface area contributed by atoms with Crippen molar-refractivity contribution in [2.45, 2.75) is 13.0 Å². The summed E-state index contributed by atoms with van der Waals surface area (Å²) in [5.74, 6) is -0.696. The molecule has 0 spiro atoms. The minimum Gasteiger partial charge on any atom is -0.464 e. The van der Waals surface area contributed by atoms with Crippen molar-refractivity contribution in [3.8, 4) is 0 Å². The number of aliphatic hydroxyl groups is 1. The van der Waals surface area contributed by atoms with Gasteiger partial charge in [-0.05, 0) is 19.1 Å². The van der Waals surface area contributed by atoms with Crippen molar-refractivity contribution in [2.75, 3.05) is 11.9 Å². The SMILES string of the molecule is Cc1ccc(C(O)CNC(=O)C(=O)Nc2ccon2)o1. The van der Waals surface area contributed by atoms with E-state index in [0.717, 1.165) is 0 Å². The van der Waals surface area contributed by atoms with Crippen LogP contribution in [-0.2, 0) is 9.59 Å². The molecule has 0 saturated heterocycles. The van der Waals surface area contributed by atoms with E-state index in [1.54, 1.807) is 19.1 Å². The van der Waals surface area contributed by atoms with Gasteiger partial charge in [0.05, 0.1) is 6.54 Å². The molecule has 1 unspecified atom stereocenters. The summed E-state index contributed by atoms with van der Waals surface area (Å²) in [5.41, 5.74) is 0. The number of aryl methyl sites for hydroxylation is 1. The van der Waals surface area contributed by atoms with Crippen molar-refractivity contribution in [3.63, 3.8) is 0 Å². The highest BCUT2D eigenvalue weighted by Gasteiger charge is 2.18. The molecule has 0 saturated carbocycles. The Bertz CT molecular complexity index is 590. The van der Waals surface area contributed by atoms with Crippen LogP contribution in [0.2, 0.25) is 0 Å². The molecule has 2 heterocycles. The minimum atomic E-state index is -1.02. The summed E-state index contributed by atoms with van der Waals surface area (Å²) >= 11 is 0. The van der Waals surface area contributed by atoms with Crippen LogP contribution in [0.1, 0.15) is 17.6 Å². The number of rotatable bonds is 4. The van der Waals surface area contributed by atoms with E-state index in [1.165, 1.54) is 12.3 Å². The van der Waals surface area contributed by atoms with Gasteiger partial charge < -0.3 is 19.4 Å². The van der Waals surface area contributed by atoms with Crippen LogP contribution in [0.4, 0.5) is 5.82 Å².